The maximum Gasteiger partial charge on any atom is 0.147 e. The summed E-state index contributed by atoms with van der Waals surface area (Å²) in [7, 11) is 0. The molecule has 6 nitrogen and oxygen atoms in total. The van der Waals surface area contributed by atoms with Crippen molar-refractivity contribution in [2.75, 3.05) is 20.0 Å². The van der Waals surface area contributed by atoms with Gasteiger partial charge in [0.25, 0.3) is 0 Å². The van der Waals surface area contributed by atoms with Gasteiger partial charge in [0, 0.05) is 0 Å². The minimum absolute atomic E-state index is 0.107. The quantitative estimate of drug-likeness (QED) is 0.394. The summed E-state index contributed by atoms with van der Waals surface area (Å²) in [5.41, 5.74) is 0. The van der Waals surface area contributed by atoms with Gasteiger partial charge in [-0.1, -0.05) is 0 Å². The van der Waals surface area contributed by atoms with Gasteiger partial charge in [0.05, 0.1) is 13.2 Å². The second kappa shape index (κ2) is 4.85. The van der Waals surface area contributed by atoms with E-state index in [1.165, 1.54) is 0 Å². The molecule has 0 spiro atoms. The molecule has 1 aliphatic rings. The Morgan fingerprint density at radius 3 is 2.54 bits per heavy atom. The van der Waals surface area contributed by atoms with E-state index in [1.807, 2.05) is 0 Å². The van der Waals surface area contributed by atoms with Gasteiger partial charge in [-0.3, -0.25) is 0 Å². The number of aliphatic hydroxyl groups is 4. The molecule has 13 heavy (non-hydrogen) atoms. The van der Waals surface area contributed by atoms with Gasteiger partial charge in [0.1, 0.15) is 31.2 Å². The van der Waals surface area contributed by atoms with Crippen LogP contribution in [0.25, 0.3) is 0 Å². The number of hydrogen-bond donors (Lipinski definition) is 4. The van der Waals surface area contributed by atoms with Crippen LogP contribution in [-0.4, -0.2) is 64.8 Å². The maximum atomic E-state index is 9.45. The third kappa shape index (κ3) is 2.37. The molecule has 1 aliphatic heterocycles. The summed E-state index contributed by atoms with van der Waals surface area (Å²) in [5, 5.41) is 36.0. The summed E-state index contributed by atoms with van der Waals surface area (Å²) in [6, 6.07) is 0. The smallest absolute Gasteiger partial charge is 0.147 e. The van der Waals surface area contributed by atoms with E-state index in [0.717, 1.165) is 0 Å². The second-order valence-electron chi connectivity index (χ2n) is 2.88. The van der Waals surface area contributed by atoms with Gasteiger partial charge in [-0.05, 0) is 0 Å². The van der Waals surface area contributed by atoms with Crippen molar-refractivity contribution in [3.63, 3.8) is 0 Å². The molecule has 0 amide bonds. The fourth-order valence-corrected chi connectivity index (χ4v) is 1.22. The van der Waals surface area contributed by atoms with Crippen molar-refractivity contribution in [3.8, 4) is 0 Å². The zero-order valence-corrected chi connectivity index (χ0v) is 7.04. The molecule has 1 heterocycles. The molecule has 4 N–H and O–H groups in total. The van der Waals surface area contributed by atoms with E-state index < -0.39 is 31.0 Å². The summed E-state index contributed by atoms with van der Waals surface area (Å²) < 4.78 is 9.73. The zero-order valence-electron chi connectivity index (χ0n) is 7.04. The van der Waals surface area contributed by atoms with Crippen molar-refractivity contribution < 1.29 is 29.9 Å². The highest BCUT2D eigenvalue weighted by Crippen LogP contribution is 2.16. The summed E-state index contributed by atoms with van der Waals surface area (Å²) in [6.07, 6.45) is -3.95. The Hall–Kier alpha value is -0.240. The van der Waals surface area contributed by atoms with E-state index in [2.05, 4.69) is 0 Å². The summed E-state index contributed by atoms with van der Waals surface area (Å²) in [6.45, 7) is -0.955. The van der Waals surface area contributed by atoms with Crippen molar-refractivity contribution in [1.29, 1.82) is 0 Å². The Kier molecular flexibility index (Phi) is 4.04. The third-order valence-corrected chi connectivity index (χ3v) is 2.01. The van der Waals surface area contributed by atoms with E-state index in [-0.39, 0.29) is 13.4 Å². The number of ether oxygens (including phenoxy) is 2. The number of aliphatic hydroxyl groups excluding tert-OH is 4. The Morgan fingerprint density at radius 2 is 2.00 bits per heavy atom. The average Bonchev–Trinajstić information content (AvgIpc) is 2.17. The first-order valence-electron chi connectivity index (χ1n) is 4.01. The normalized spacial score (nSPS) is 37.4. The van der Waals surface area contributed by atoms with Crippen LogP contribution in [0, 0.1) is 0 Å². The highest BCUT2D eigenvalue weighted by atomic mass is 16.7. The van der Waals surface area contributed by atoms with Crippen LogP contribution in [0.15, 0.2) is 0 Å². The van der Waals surface area contributed by atoms with Gasteiger partial charge in [-0.15, -0.1) is 0 Å². The topological polar surface area (TPSA) is 99.4 Å². The first-order chi connectivity index (χ1) is 6.20. The van der Waals surface area contributed by atoms with Crippen molar-refractivity contribution in [2.24, 2.45) is 0 Å². The third-order valence-electron chi connectivity index (χ3n) is 2.01. The Balaban J connectivity index is 2.54. The van der Waals surface area contributed by atoms with Crippen molar-refractivity contribution in [3.05, 3.63) is 0 Å². The monoisotopic (exact) mass is 194 g/mol. The Bertz CT molecular complexity index is 152. The van der Waals surface area contributed by atoms with Crippen molar-refractivity contribution in [2.45, 2.75) is 24.4 Å². The van der Waals surface area contributed by atoms with Crippen LogP contribution in [0.2, 0.25) is 0 Å². The first kappa shape index (κ1) is 10.8. The van der Waals surface area contributed by atoms with Gasteiger partial charge < -0.3 is 29.9 Å². The van der Waals surface area contributed by atoms with Crippen LogP contribution in [0.4, 0.5) is 0 Å². The summed E-state index contributed by atoms with van der Waals surface area (Å²) in [4.78, 5) is 0. The van der Waals surface area contributed by atoms with Crippen molar-refractivity contribution in [1.82, 2.24) is 0 Å². The Labute approximate surface area is 75.3 Å². The van der Waals surface area contributed by atoms with Crippen molar-refractivity contribution >= 4 is 0 Å². The molecule has 1 saturated heterocycles. The van der Waals surface area contributed by atoms with Gasteiger partial charge >= 0.3 is 0 Å². The second-order valence-corrected chi connectivity index (χ2v) is 2.88. The summed E-state index contributed by atoms with van der Waals surface area (Å²) in [5.74, 6) is 0. The highest BCUT2D eigenvalue weighted by Gasteiger charge is 2.37. The number of rotatable bonds is 3. The molecule has 1 fully saturated rings. The molecule has 0 aliphatic carbocycles. The lowest BCUT2D eigenvalue weighted by atomic mass is 10.0. The highest BCUT2D eigenvalue weighted by molar-refractivity contribution is 4.84. The standard InChI is InChI=1S/C7H14O6/c8-1-4(10)7-6(11)5(2-9)12-3-13-7/h4-11H,1-3H2/t4-,5+,6+,7+/m1/s1. The lowest BCUT2D eigenvalue weighted by molar-refractivity contribution is -0.259. The molecular weight excluding hydrogens is 180 g/mol. The predicted molar refractivity (Wildman–Crippen MR) is 40.8 cm³/mol. The van der Waals surface area contributed by atoms with Gasteiger partial charge in [-0.2, -0.15) is 0 Å². The molecular formula is C7H14O6. The molecule has 1 rings (SSSR count). The van der Waals surface area contributed by atoms with E-state index >= 15 is 0 Å². The van der Waals surface area contributed by atoms with Crippen LogP contribution in [0.5, 0.6) is 0 Å². The van der Waals surface area contributed by atoms with Crippen LogP contribution >= 0.6 is 0 Å². The summed E-state index contributed by atoms with van der Waals surface area (Å²) >= 11 is 0. The minimum atomic E-state index is -1.16. The maximum absolute atomic E-state index is 9.45. The molecule has 0 saturated carbocycles. The lowest BCUT2D eigenvalue weighted by Gasteiger charge is -2.35. The largest absolute Gasteiger partial charge is 0.394 e. The van der Waals surface area contributed by atoms with E-state index in [4.69, 9.17) is 19.7 Å². The molecule has 0 unspecified atom stereocenters. The van der Waals surface area contributed by atoms with E-state index in [9.17, 15) is 10.2 Å². The van der Waals surface area contributed by atoms with Crippen LogP contribution < -0.4 is 0 Å². The first-order valence-corrected chi connectivity index (χ1v) is 4.01. The molecule has 0 bridgehead atoms. The molecule has 6 heteroatoms. The molecule has 0 radical (unpaired) electrons. The fraction of sp³-hybridized carbons (Fsp3) is 1.00. The van der Waals surface area contributed by atoms with Gasteiger partial charge in [-0.25, -0.2) is 0 Å². The number of hydrogen-bond acceptors (Lipinski definition) is 6. The van der Waals surface area contributed by atoms with Gasteiger partial charge in [0.2, 0.25) is 0 Å². The minimum Gasteiger partial charge on any atom is -0.394 e. The zero-order chi connectivity index (χ0) is 9.84. The molecule has 0 aromatic rings. The predicted octanol–water partition coefficient (Wildman–Crippen LogP) is -2.57. The van der Waals surface area contributed by atoms with E-state index in [1.54, 1.807) is 0 Å². The van der Waals surface area contributed by atoms with Gasteiger partial charge in [0.15, 0.2) is 0 Å². The van der Waals surface area contributed by atoms with Crippen LogP contribution in [0.3, 0.4) is 0 Å². The van der Waals surface area contributed by atoms with Crippen LogP contribution in [0.1, 0.15) is 0 Å². The van der Waals surface area contributed by atoms with Crippen LogP contribution in [-0.2, 0) is 9.47 Å². The van der Waals surface area contributed by atoms with E-state index in [0.29, 0.717) is 0 Å². The molecule has 78 valence electrons. The lowest BCUT2D eigenvalue weighted by Crippen LogP contribution is -2.53. The fourth-order valence-electron chi connectivity index (χ4n) is 1.22. The molecule has 0 aromatic heterocycles. The average molecular weight is 194 g/mol. The SMILES string of the molecule is OC[C@@H](O)[C@@H]1OCO[C@@H](CO)[C@@H]1O. The Morgan fingerprint density at radius 1 is 1.31 bits per heavy atom. The molecule has 0 aromatic carbocycles. The molecule has 4 atom stereocenters.